The second kappa shape index (κ2) is 5.95. The third-order valence-corrected chi connectivity index (χ3v) is 7.06. The summed E-state index contributed by atoms with van der Waals surface area (Å²) in [5.41, 5.74) is 4.60. The molecule has 6 heteroatoms. The van der Waals surface area contributed by atoms with Crippen LogP contribution in [0.2, 0.25) is 0 Å². The summed E-state index contributed by atoms with van der Waals surface area (Å²) in [5.74, 6) is 0.131. The summed E-state index contributed by atoms with van der Waals surface area (Å²) >= 11 is 1.70. The van der Waals surface area contributed by atoms with Crippen LogP contribution >= 0.6 is 11.3 Å². The number of carbonyl (C=O) groups excluding carboxylic acids is 1. The predicted octanol–water partition coefficient (Wildman–Crippen LogP) is 2.74. The molecule has 2 N–H and O–H groups in total. The van der Waals surface area contributed by atoms with E-state index in [0.717, 1.165) is 38.8 Å². The zero-order valence-corrected chi connectivity index (χ0v) is 15.2. The van der Waals surface area contributed by atoms with Gasteiger partial charge in [0.05, 0.1) is 0 Å². The van der Waals surface area contributed by atoms with Gasteiger partial charge in [-0.25, -0.2) is 0 Å². The molecule has 2 aromatic heterocycles. The largest absolute Gasteiger partial charge is 0.329 e. The van der Waals surface area contributed by atoms with E-state index in [1.54, 1.807) is 11.3 Å². The van der Waals surface area contributed by atoms with E-state index in [-0.39, 0.29) is 5.91 Å². The van der Waals surface area contributed by atoms with Gasteiger partial charge in [-0.3, -0.25) is 9.89 Å². The molecule has 25 heavy (non-hydrogen) atoms. The fourth-order valence-corrected chi connectivity index (χ4v) is 5.42. The number of thiophene rings is 1. The van der Waals surface area contributed by atoms with Crippen molar-refractivity contribution < 1.29 is 4.79 Å². The number of aromatic amines is 1. The van der Waals surface area contributed by atoms with Crippen LogP contribution in [0.4, 0.5) is 0 Å². The van der Waals surface area contributed by atoms with E-state index in [9.17, 15) is 4.79 Å². The summed E-state index contributed by atoms with van der Waals surface area (Å²) in [4.78, 5) is 15.6. The molecule has 2 aliphatic carbocycles. The highest BCUT2D eigenvalue weighted by Crippen LogP contribution is 2.56. The molecule has 0 bridgehead atoms. The van der Waals surface area contributed by atoms with Gasteiger partial charge in [0.1, 0.15) is 0 Å². The van der Waals surface area contributed by atoms with Crippen LogP contribution in [0.25, 0.3) is 0 Å². The number of aromatic nitrogens is 2. The summed E-state index contributed by atoms with van der Waals surface area (Å²) in [6.45, 7) is 2.87. The quantitative estimate of drug-likeness (QED) is 0.885. The first-order valence-electron chi connectivity index (χ1n) is 9.36. The van der Waals surface area contributed by atoms with Gasteiger partial charge < -0.3 is 10.2 Å². The molecule has 5 rings (SSSR count). The van der Waals surface area contributed by atoms with E-state index >= 15 is 0 Å². The van der Waals surface area contributed by atoms with Gasteiger partial charge in [-0.1, -0.05) is 0 Å². The fourth-order valence-electron chi connectivity index (χ4n) is 4.76. The standard InChI is InChI=1S/C19H24N4OS/c24-18(17-14-2-1-3-15(14)21-22-17)23(11-13-4-9-25-12-13)16-10-19(16)5-7-20-8-6-19/h4,9,12,16,20H,1-3,5-8,10-11H2,(H,21,22)/t16-/m0/s1. The van der Waals surface area contributed by atoms with Gasteiger partial charge in [0.15, 0.2) is 5.69 Å². The van der Waals surface area contributed by atoms with Crippen molar-refractivity contribution in [2.45, 2.75) is 51.1 Å². The normalized spacial score (nSPS) is 23.6. The van der Waals surface area contributed by atoms with Gasteiger partial charge in [0, 0.05) is 23.8 Å². The lowest BCUT2D eigenvalue weighted by Gasteiger charge is -2.29. The number of carbonyl (C=O) groups is 1. The molecule has 2 fully saturated rings. The zero-order valence-electron chi connectivity index (χ0n) is 14.4. The van der Waals surface area contributed by atoms with Gasteiger partial charge in [-0.05, 0) is 79.4 Å². The number of nitrogens with zero attached hydrogens (tertiary/aromatic N) is 2. The maximum Gasteiger partial charge on any atom is 0.275 e. The molecule has 132 valence electrons. The monoisotopic (exact) mass is 356 g/mol. The molecule has 1 aliphatic heterocycles. The average Bonchev–Trinajstić information content (AvgIpc) is 3.10. The van der Waals surface area contributed by atoms with Crippen LogP contribution in [-0.4, -0.2) is 40.1 Å². The Morgan fingerprint density at radius 2 is 2.24 bits per heavy atom. The zero-order chi connectivity index (χ0) is 16.9. The smallest absolute Gasteiger partial charge is 0.275 e. The first-order valence-corrected chi connectivity index (χ1v) is 10.3. The lowest BCUT2D eigenvalue weighted by molar-refractivity contribution is 0.0685. The van der Waals surface area contributed by atoms with Crippen molar-refractivity contribution in [1.29, 1.82) is 0 Å². The van der Waals surface area contributed by atoms with E-state index < -0.39 is 0 Å². The van der Waals surface area contributed by atoms with E-state index in [1.165, 1.54) is 29.7 Å². The van der Waals surface area contributed by atoms with Crippen molar-refractivity contribution in [2.24, 2.45) is 5.41 Å². The topological polar surface area (TPSA) is 61.0 Å². The van der Waals surface area contributed by atoms with Crippen LogP contribution in [0.5, 0.6) is 0 Å². The van der Waals surface area contributed by atoms with Gasteiger partial charge >= 0.3 is 0 Å². The van der Waals surface area contributed by atoms with E-state index in [4.69, 9.17) is 0 Å². The highest BCUT2D eigenvalue weighted by atomic mass is 32.1. The van der Waals surface area contributed by atoms with Crippen molar-refractivity contribution >= 4 is 17.2 Å². The van der Waals surface area contributed by atoms with Crippen molar-refractivity contribution in [2.75, 3.05) is 13.1 Å². The van der Waals surface area contributed by atoms with Gasteiger partial charge in [-0.2, -0.15) is 16.4 Å². The lowest BCUT2D eigenvalue weighted by Crippen LogP contribution is -2.39. The molecular weight excluding hydrogens is 332 g/mol. The summed E-state index contributed by atoms with van der Waals surface area (Å²) < 4.78 is 0. The fraction of sp³-hybridized carbons (Fsp3) is 0.579. The van der Waals surface area contributed by atoms with Crippen LogP contribution in [0.3, 0.4) is 0 Å². The van der Waals surface area contributed by atoms with Crippen LogP contribution in [0, 0.1) is 5.41 Å². The van der Waals surface area contributed by atoms with Gasteiger partial charge in [0.2, 0.25) is 0 Å². The minimum absolute atomic E-state index is 0.131. The SMILES string of the molecule is O=C(c1n[nH]c2c1CCC2)N(Cc1ccsc1)[C@H]1CC12CCNCC2. The first kappa shape index (κ1) is 15.6. The molecule has 2 aromatic rings. The third-order valence-electron chi connectivity index (χ3n) is 6.32. The molecule has 1 saturated heterocycles. The molecule has 0 radical (unpaired) electrons. The van der Waals surface area contributed by atoms with Crippen molar-refractivity contribution in [3.05, 3.63) is 39.3 Å². The summed E-state index contributed by atoms with van der Waals surface area (Å²) in [7, 11) is 0. The highest BCUT2D eigenvalue weighted by Gasteiger charge is 2.58. The third kappa shape index (κ3) is 2.62. The Morgan fingerprint density at radius 3 is 3.04 bits per heavy atom. The van der Waals surface area contributed by atoms with Gasteiger partial charge in [0.25, 0.3) is 5.91 Å². The lowest BCUT2D eigenvalue weighted by atomic mass is 9.93. The number of hydrogen-bond donors (Lipinski definition) is 2. The Bertz CT molecular complexity index is 775. The Balaban J connectivity index is 1.44. The van der Waals surface area contributed by atoms with E-state index in [0.29, 0.717) is 23.7 Å². The second-order valence-electron chi connectivity index (χ2n) is 7.78. The Kier molecular flexibility index (Phi) is 3.71. The number of hydrogen-bond acceptors (Lipinski definition) is 4. The Labute approximate surface area is 151 Å². The molecule has 0 aromatic carbocycles. The number of nitrogens with one attached hydrogen (secondary N) is 2. The molecule has 1 spiro atoms. The molecule has 3 aliphatic rings. The number of amides is 1. The summed E-state index contributed by atoms with van der Waals surface area (Å²) in [5, 5.41) is 15.2. The number of H-pyrrole nitrogens is 1. The van der Waals surface area contributed by atoms with Crippen molar-refractivity contribution in [3.63, 3.8) is 0 Å². The van der Waals surface area contributed by atoms with Crippen LogP contribution < -0.4 is 5.32 Å². The Morgan fingerprint density at radius 1 is 1.36 bits per heavy atom. The van der Waals surface area contributed by atoms with Crippen LogP contribution in [0.15, 0.2) is 16.8 Å². The number of aryl methyl sites for hydroxylation is 1. The van der Waals surface area contributed by atoms with Crippen molar-refractivity contribution in [3.8, 4) is 0 Å². The Hall–Kier alpha value is -1.66. The number of fused-ring (bicyclic) bond motifs is 1. The maximum absolute atomic E-state index is 13.4. The minimum atomic E-state index is 0.131. The minimum Gasteiger partial charge on any atom is -0.329 e. The van der Waals surface area contributed by atoms with Crippen LogP contribution in [0.1, 0.15) is 53.0 Å². The first-order chi connectivity index (χ1) is 12.3. The number of piperidine rings is 1. The molecular formula is C19H24N4OS. The molecule has 5 nitrogen and oxygen atoms in total. The molecule has 1 atom stereocenters. The van der Waals surface area contributed by atoms with E-state index in [1.807, 2.05) is 0 Å². The van der Waals surface area contributed by atoms with Crippen LogP contribution in [-0.2, 0) is 19.4 Å². The van der Waals surface area contributed by atoms with E-state index in [2.05, 4.69) is 37.2 Å². The maximum atomic E-state index is 13.4. The molecule has 1 saturated carbocycles. The summed E-state index contributed by atoms with van der Waals surface area (Å²) in [6, 6.07) is 2.51. The molecule has 1 amide bonds. The van der Waals surface area contributed by atoms with Gasteiger partial charge in [-0.15, -0.1) is 0 Å². The van der Waals surface area contributed by atoms with Crippen molar-refractivity contribution in [1.82, 2.24) is 20.4 Å². The summed E-state index contributed by atoms with van der Waals surface area (Å²) in [6.07, 6.45) is 6.66. The highest BCUT2D eigenvalue weighted by molar-refractivity contribution is 7.07. The molecule has 3 heterocycles. The number of rotatable bonds is 4. The second-order valence-corrected chi connectivity index (χ2v) is 8.56. The molecule has 0 unspecified atom stereocenters. The predicted molar refractivity (Wildman–Crippen MR) is 97.7 cm³/mol. The average molecular weight is 356 g/mol.